The van der Waals surface area contributed by atoms with Crippen molar-refractivity contribution in [2.45, 2.75) is 51.4 Å². The molecule has 2 aliphatic rings. The van der Waals surface area contributed by atoms with E-state index in [2.05, 4.69) is 15.6 Å². The monoisotopic (exact) mass is 548 g/mol. The van der Waals surface area contributed by atoms with Crippen molar-refractivity contribution in [1.29, 1.82) is 0 Å². The predicted octanol–water partition coefficient (Wildman–Crippen LogP) is 4.74. The third kappa shape index (κ3) is 6.53. The summed E-state index contributed by atoms with van der Waals surface area (Å²) in [5.41, 5.74) is 8.27. The molecule has 38 heavy (non-hydrogen) atoms. The van der Waals surface area contributed by atoms with Gasteiger partial charge in [0.15, 0.2) is 0 Å². The number of aryl methyl sites for hydroxylation is 1. The number of rotatable bonds is 9. The van der Waals surface area contributed by atoms with E-state index in [0.717, 1.165) is 18.4 Å². The number of alkyl halides is 3. The maximum atomic E-state index is 13.4. The van der Waals surface area contributed by atoms with Crippen molar-refractivity contribution < 1.29 is 27.6 Å². The number of nitrogens with zero attached hydrogens (tertiary/aromatic N) is 1. The number of anilines is 1. The summed E-state index contributed by atoms with van der Waals surface area (Å²) in [5.74, 6) is -4.77. The lowest BCUT2D eigenvalue weighted by atomic mass is 9.83. The third-order valence-electron chi connectivity index (χ3n) is 6.91. The first kappa shape index (κ1) is 27.6. The van der Waals surface area contributed by atoms with Gasteiger partial charge in [0.25, 0.3) is 5.91 Å². The van der Waals surface area contributed by atoms with Crippen LogP contribution in [0.25, 0.3) is 0 Å². The predicted molar refractivity (Wildman–Crippen MR) is 138 cm³/mol. The van der Waals surface area contributed by atoms with Crippen LogP contribution in [0.2, 0.25) is 5.02 Å². The Bertz CT molecular complexity index is 1280. The minimum atomic E-state index is -4.53. The number of halogens is 4. The Hall–Kier alpha value is -3.40. The van der Waals surface area contributed by atoms with Crippen LogP contribution in [0.4, 0.5) is 18.9 Å². The van der Waals surface area contributed by atoms with Gasteiger partial charge in [0.05, 0.1) is 16.4 Å². The molecule has 2 aromatic carbocycles. The zero-order chi connectivity index (χ0) is 27.6. The quantitative estimate of drug-likeness (QED) is 0.420. The van der Waals surface area contributed by atoms with E-state index >= 15 is 0 Å². The molecule has 0 spiro atoms. The van der Waals surface area contributed by atoms with Gasteiger partial charge in [-0.2, -0.15) is 13.2 Å². The van der Waals surface area contributed by atoms with Crippen molar-refractivity contribution in [3.8, 4) is 0 Å². The highest BCUT2D eigenvalue weighted by Crippen LogP contribution is 2.39. The Balaban J connectivity index is 1.70. The highest BCUT2D eigenvalue weighted by atomic mass is 35.5. The van der Waals surface area contributed by atoms with Gasteiger partial charge in [-0.25, -0.2) is 4.99 Å². The second kappa shape index (κ2) is 11.1. The number of benzene rings is 2. The van der Waals surface area contributed by atoms with Gasteiger partial charge in [-0.15, -0.1) is 0 Å². The molecule has 1 saturated carbocycles. The van der Waals surface area contributed by atoms with Crippen LogP contribution in [0.3, 0.4) is 0 Å². The molecule has 7 nitrogen and oxygen atoms in total. The first-order valence-electron chi connectivity index (χ1n) is 12.3. The number of hydrogen-bond donors (Lipinski definition) is 3. The first-order valence-corrected chi connectivity index (χ1v) is 12.7. The van der Waals surface area contributed by atoms with E-state index in [1.807, 2.05) is 19.1 Å². The van der Waals surface area contributed by atoms with E-state index in [4.69, 9.17) is 17.3 Å². The summed E-state index contributed by atoms with van der Waals surface area (Å²) in [4.78, 5) is 43.4. The summed E-state index contributed by atoms with van der Waals surface area (Å²) in [6.07, 6.45) is -6.05. The molecule has 202 valence electrons. The average Bonchev–Trinajstić information content (AvgIpc) is 3.67. The molecule has 4 rings (SSSR count). The average molecular weight is 549 g/mol. The molecule has 1 fully saturated rings. The fourth-order valence-electron chi connectivity index (χ4n) is 4.72. The summed E-state index contributed by atoms with van der Waals surface area (Å²) >= 11 is 6.38. The molecule has 0 unspecified atom stereocenters. The van der Waals surface area contributed by atoms with Gasteiger partial charge in [0.1, 0.15) is 0 Å². The summed E-state index contributed by atoms with van der Waals surface area (Å²) in [7, 11) is 0. The van der Waals surface area contributed by atoms with E-state index in [1.165, 1.54) is 0 Å². The maximum Gasteiger partial charge on any atom is 0.389 e. The Morgan fingerprint density at radius 3 is 2.45 bits per heavy atom. The number of carbonyl (C=O) groups excluding carboxylic acids is 3. The summed E-state index contributed by atoms with van der Waals surface area (Å²) < 4.78 is 39.3. The molecule has 0 bridgehead atoms. The zero-order valence-electron chi connectivity index (χ0n) is 20.6. The summed E-state index contributed by atoms with van der Waals surface area (Å²) in [6, 6.07) is 12.3. The Kier molecular flexibility index (Phi) is 8.10. The number of aliphatic imine (C=N–C) groups is 1. The minimum Gasteiger partial charge on any atom is -0.369 e. The van der Waals surface area contributed by atoms with Crippen molar-refractivity contribution in [2.75, 3.05) is 5.32 Å². The number of para-hydroxylation sites is 1. The van der Waals surface area contributed by atoms with Gasteiger partial charge < -0.3 is 16.4 Å². The summed E-state index contributed by atoms with van der Waals surface area (Å²) in [5, 5.41) is 5.43. The second-order valence-electron chi connectivity index (χ2n) is 9.80. The lowest BCUT2D eigenvalue weighted by Crippen LogP contribution is -2.48. The summed E-state index contributed by atoms with van der Waals surface area (Å²) in [6.45, 7) is 1.86. The Labute approximate surface area is 223 Å². The number of nitrogens with one attached hydrogen (secondary N) is 2. The molecule has 1 aliphatic heterocycles. The Morgan fingerprint density at radius 1 is 1.13 bits per heavy atom. The van der Waals surface area contributed by atoms with Crippen LogP contribution >= 0.6 is 11.6 Å². The maximum absolute atomic E-state index is 13.4. The van der Waals surface area contributed by atoms with Crippen LogP contribution in [0.5, 0.6) is 0 Å². The van der Waals surface area contributed by atoms with E-state index in [-0.39, 0.29) is 17.4 Å². The van der Waals surface area contributed by atoms with Crippen molar-refractivity contribution in [2.24, 2.45) is 28.5 Å². The van der Waals surface area contributed by atoms with Crippen molar-refractivity contribution in [3.63, 3.8) is 0 Å². The van der Waals surface area contributed by atoms with Crippen molar-refractivity contribution in [1.82, 2.24) is 5.32 Å². The molecule has 2 aromatic rings. The molecule has 4 N–H and O–H groups in total. The lowest BCUT2D eigenvalue weighted by Gasteiger charge is -2.26. The number of nitrogens with two attached hydrogens (primary N) is 1. The number of benzodiazepines with no additional fused rings is 1. The van der Waals surface area contributed by atoms with Crippen LogP contribution in [-0.2, 0) is 14.4 Å². The second-order valence-corrected chi connectivity index (χ2v) is 10.2. The fraction of sp³-hybridized carbons (Fsp3) is 0.407. The minimum absolute atomic E-state index is 0.136. The molecule has 0 radical (unpaired) electrons. The van der Waals surface area contributed by atoms with Crippen LogP contribution in [0.15, 0.2) is 47.5 Å². The smallest absolute Gasteiger partial charge is 0.369 e. The molecule has 1 aliphatic carbocycles. The number of amides is 3. The number of primary amides is 1. The van der Waals surface area contributed by atoms with Gasteiger partial charge in [-0.05, 0) is 37.3 Å². The molecular weight excluding hydrogens is 521 g/mol. The van der Waals surface area contributed by atoms with Crippen LogP contribution in [0, 0.1) is 24.7 Å². The number of carbonyl (C=O) groups is 3. The normalized spacial score (nSPS) is 18.9. The van der Waals surface area contributed by atoms with E-state index in [9.17, 15) is 27.6 Å². The van der Waals surface area contributed by atoms with Crippen molar-refractivity contribution in [3.05, 3.63) is 64.2 Å². The highest BCUT2D eigenvalue weighted by molar-refractivity contribution is 6.36. The third-order valence-corrected chi connectivity index (χ3v) is 7.23. The lowest BCUT2D eigenvalue weighted by molar-refractivity contribution is -0.146. The van der Waals surface area contributed by atoms with Gasteiger partial charge in [-0.1, -0.05) is 60.8 Å². The molecule has 11 heteroatoms. The van der Waals surface area contributed by atoms with Crippen LogP contribution in [-0.4, -0.2) is 35.8 Å². The molecule has 0 aromatic heterocycles. The highest BCUT2D eigenvalue weighted by Gasteiger charge is 2.41. The first-order chi connectivity index (χ1) is 17.9. The molecule has 3 amide bonds. The standard InChI is InChI=1S/C27H28ClF3N4O3/c1-14-5-2-3-6-16(14)21-18-7-4-8-20(28)22(18)34-26(38)24(33-21)35-25(37)17(11-12-27(29,30)31)19(23(32)36)13-15-9-10-15/h2-8,15,17,19,24H,9-13H2,1H3,(H2,32,36)(H,34,38)(H,35,37)/t17-,19+,24-/m1/s1. The van der Waals surface area contributed by atoms with E-state index < -0.39 is 54.7 Å². The van der Waals surface area contributed by atoms with Gasteiger partial charge in [0, 0.05) is 29.4 Å². The van der Waals surface area contributed by atoms with E-state index in [1.54, 1.807) is 30.3 Å². The number of hydrogen-bond acceptors (Lipinski definition) is 4. The van der Waals surface area contributed by atoms with Gasteiger partial charge >= 0.3 is 6.18 Å². The largest absolute Gasteiger partial charge is 0.389 e. The van der Waals surface area contributed by atoms with E-state index in [0.29, 0.717) is 22.5 Å². The van der Waals surface area contributed by atoms with Gasteiger partial charge in [0.2, 0.25) is 18.0 Å². The van der Waals surface area contributed by atoms with Gasteiger partial charge in [-0.3, -0.25) is 14.4 Å². The molecular formula is C27H28ClF3N4O3. The molecule has 1 heterocycles. The van der Waals surface area contributed by atoms with Crippen LogP contribution < -0.4 is 16.4 Å². The fourth-order valence-corrected chi connectivity index (χ4v) is 4.94. The van der Waals surface area contributed by atoms with Crippen LogP contribution in [0.1, 0.15) is 48.8 Å². The SMILES string of the molecule is Cc1ccccc1C1=N[C@H](NC(=O)[C@H](CCC(F)(F)F)[C@H](CC2CC2)C(N)=O)C(=O)Nc2c(Cl)cccc21. The topological polar surface area (TPSA) is 114 Å². The Morgan fingerprint density at radius 2 is 1.82 bits per heavy atom. The molecule has 3 atom stereocenters. The molecule has 0 saturated heterocycles. The number of fused-ring (bicyclic) bond motifs is 1. The zero-order valence-corrected chi connectivity index (χ0v) is 21.4. The van der Waals surface area contributed by atoms with Crippen molar-refractivity contribution >= 4 is 40.7 Å².